The second-order valence-corrected chi connectivity index (χ2v) is 5.23. The molecule has 0 amide bonds. The molecule has 0 atom stereocenters. The Hall–Kier alpha value is -1.91. The summed E-state index contributed by atoms with van der Waals surface area (Å²) < 4.78 is 8.06. The SMILES string of the molecule is COCc1ccccc1-n1c(=S)[nH]c2ccc(C)cc21. The van der Waals surface area contributed by atoms with E-state index < -0.39 is 0 Å². The fraction of sp³-hybridized carbons (Fsp3) is 0.188. The number of benzene rings is 2. The summed E-state index contributed by atoms with van der Waals surface area (Å²) in [6.07, 6.45) is 0. The second kappa shape index (κ2) is 5.23. The minimum absolute atomic E-state index is 0.566. The van der Waals surface area contributed by atoms with Crippen LogP contribution in [0.1, 0.15) is 11.1 Å². The summed E-state index contributed by atoms with van der Waals surface area (Å²) in [5, 5.41) is 0. The van der Waals surface area contributed by atoms with Crippen LogP contribution in [0.15, 0.2) is 42.5 Å². The highest BCUT2D eigenvalue weighted by molar-refractivity contribution is 7.71. The van der Waals surface area contributed by atoms with Gasteiger partial charge in [0.2, 0.25) is 0 Å². The van der Waals surface area contributed by atoms with Crippen molar-refractivity contribution in [1.82, 2.24) is 9.55 Å². The molecule has 3 aromatic rings. The molecule has 3 nitrogen and oxygen atoms in total. The Kier molecular flexibility index (Phi) is 3.42. The van der Waals surface area contributed by atoms with Crippen LogP contribution in [0.5, 0.6) is 0 Å². The highest BCUT2D eigenvalue weighted by Crippen LogP contribution is 2.23. The summed E-state index contributed by atoms with van der Waals surface area (Å²) in [6.45, 7) is 2.65. The summed E-state index contributed by atoms with van der Waals surface area (Å²) in [5.74, 6) is 0. The van der Waals surface area contributed by atoms with Gasteiger partial charge >= 0.3 is 0 Å². The average molecular weight is 284 g/mol. The van der Waals surface area contributed by atoms with Crippen molar-refractivity contribution < 1.29 is 4.74 Å². The molecular formula is C16H16N2OS. The third kappa shape index (κ3) is 2.17. The monoisotopic (exact) mass is 284 g/mol. The Morgan fingerprint density at radius 3 is 2.80 bits per heavy atom. The van der Waals surface area contributed by atoms with Crippen LogP contribution in [0.25, 0.3) is 16.7 Å². The fourth-order valence-corrected chi connectivity index (χ4v) is 2.77. The molecule has 102 valence electrons. The van der Waals surface area contributed by atoms with Crippen LogP contribution in [0, 0.1) is 11.7 Å². The van der Waals surface area contributed by atoms with Gasteiger partial charge in [-0.25, -0.2) is 0 Å². The predicted octanol–water partition coefficient (Wildman–Crippen LogP) is 4.14. The zero-order valence-corrected chi connectivity index (χ0v) is 12.3. The first-order valence-electron chi connectivity index (χ1n) is 6.49. The van der Waals surface area contributed by atoms with Gasteiger partial charge in [0.15, 0.2) is 4.77 Å². The van der Waals surface area contributed by atoms with Gasteiger partial charge in [-0.05, 0) is 42.9 Å². The van der Waals surface area contributed by atoms with E-state index in [1.807, 2.05) is 12.1 Å². The van der Waals surface area contributed by atoms with E-state index in [0.717, 1.165) is 22.3 Å². The Bertz CT molecular complexity index is 817. The lowest BCUT2D eigenvalue weighted by Crippen LogP contribution is -2.00. The van der Waals surface area contributed by atoms with E-state index in [0.29, 0.717) is 11.4 Å². The smallest absolute Gasteiger partial charge is 0.182 e. The van der Waals surface area contributed by atoms with Crippen LogP contribution >= 0.6 is 12.2 Å². The Morgan fingerprint density at radius 2 is 2.00 bits per heavy atom. The van der Waals surface area contributed by atoms with Crippen molar-refractivity contribution in [2.24, 2.45) is 0 Å². The van der Waals surface area contributed by atoms with E-state index in [1.54, 1.807) is 7.11 Å². The topological polar surface area (TPSA) is 29.9 Å². The maximum Gasteiger partial charge on any atom is 0.182 e. The van der Waals surface area contributed by atoms with E-state index in [-0.39, 0.29) is 0 Å². The molecule has 0 radical (unpaired) electrons. The number of rotatable bonds is 3. The number of ether oxygens (including phenoxy) is 1. The molecule has 0 aliphatic carbocycles. The number of aromatic nitrogens is 2. The first-order valence-corrected chi connectivity index (χ1v) is 6.90. The number of hydrogen-bond donors (Lipinski definition) is 1. The molecule has 0 saturated carbocycles. The van der Waals surface area contributed by atoms with Gasteiger partial charge in [-0.2, -0.15) is 0 Å². The number of aromatic amines is 1. The van der Waals surface area contributed by atoms with Gasteiger partial charge in [0, 0.05) is 12.7 Å². The first kappa shape index (κ1) is 13.1. The molecule has 0 fully saturated rings. The lowest BCUT2D eigenvalue weighted by atomic mass is 10.1. The van der Waals surface area contributed by atoms with E-state index in [4.69, 9.17) is 17.0 Å². The highest BCUT2D eigenvalue weighted by Gasteiger charge is 2.10. The van der Waals surface area contributed by atoms with Gasteiger partial charge in [-0.15, -0.1) is 0 Å². The summed E-state index contributed by atoms with van der Waals surface area (Å²) in [5.41, 5.74) is 5.54. The van der Waals surface area contributed by atoms with Crippen LogP contribution < -0.4 is 0 Å². The van der Waals surface area contributed by atoms with Crippen molar-refractivity contribution >= 4 is 23.3 Å². The fourth-order valence-electron chi connectivity index (χ4n) is 2.46. The molecule has 1 heterocycles. The van der Waals surface area contributed by atoms with Crippen LogP contribution in [0.2, 0.25) is 0 Å². The van der Waals surface area contributed by atoms with Crippen molar-refractivity contribution in [1.29, 1.82) is 0 Å². The van der Waals surface area contributed by atoms with E-state index in [9.17, 15) is 0 Å². The van der Waals surface area contributed by atoms with E-state index in [2.05, 4.69) is 46.8 Å². The van der Waals surface area contributed by atoms with Gasteiger partial charge in [-0.3, -0.25) is 4.57 Å². The number of imidazole rings is 1. The maximum atomic E-state index is 5.49. The highest BCUT2D eigenvalue weighted by atomic mass is 32.1. The van der Waals surface area contributed by atoms with Gasteiger partial charge in [0.1, 0.15) is 0 Å². The lowest BCUT2D eigenvalue weighted by molar-refractivity contribution is 0.185. The second-order valence-electron chi connectivity index (χ2n) is 4.85. The number of methoxy groups -OCH3 is 1. The third-order valence-electron chi connectivity index (χ3n) is 3.37. The molecule has 3 rings (SSSR count). The molecule has 2 aromatic carbocycles. The Labute approximate surface area is 122 Å². The molecule has 0 aliphatic heterocycles. The first-order chi connectivity index (χ1) is 9.70. The van der Waals surface area contributed by atoms with Crippen LogP contribution in [0.3, 0.4) is 0 Å². The van der Waals surface area contributed by atoms with Crippen molar-refractivity contribution in [3.8, 4) is 5.69 Å². The number of nitrogens with one attached hydrogen (secondary N) is 1. The number of nitrogens with zero attached hydrogens (tertiary/aromatic N) is 1. The van der Waals surface area contributed by atoms with Crippen LogP contribution in [0.4, 0.5) is 0 Å². The molecule has 0 saturated heterocycles. The quantitative estimate of drug-likeness (QED) is 0.732. The lowest BCUT2D eigenvalue weighted by Gasteiger charge is -2.11. The molecule has 20 heavy (non-hydrogen) atoms. The minimum Gasteiger partial charge on any atom is -0.380 e. The molecule has 0 spiro atoms. The molecule has 0 bridgehead atoms. The summed E-state index contributed by atoms with van der Waals surface area (Å²) in [6, 6.07) is 14.5. The maximum absolute atomic E-state index is 5.49. The summed E-state index contributed by atoms with van der Waals surface area (Å²) in [7, 11) is 1.70. The van der Waals surface area contributed by atoms with E-state index in [1.165, 1.54) is 5.56 Å². The average Bonchev–Trinajstić information content (AvgIpc) is 2.75. The zero-order chi connectivity index (χ0) is 14.1. The van der Waals surface area contributed by atoms with Gasteiger partial charge in [0.05, 0.1) is 23.3 Å². The number of aryl methyl sites for hydroxylation is 1. The van der Waals surface area contributed by atoms with Crippen molar-refractivity contribution in [3.63, 3.8) is 0 Å². The number of H-pyrrole nitrogens is 1. The Morgan fingerprint density at radius 1 is 1.20 bits per heavy atom. The van der Waals surface area contributed by atoms with E-state index >= 15 is 0 Å². The molecular weight excluding hydrogens is 268 g/mol. The van der Waals surface area contributed by atoms with Crippen LogP contribution in [-0.2, 0) is 11.3 Å². The Balaban J connectivity index is 2.32. The molecule has 1 N–H and O–H groups in total. The van der Waals surface area contributed by atoms with Crippen molar-refractivity contribution in [2.45, 2.75) is 13.5 Å². The minimum atomic E-state index is 0.566. The van der Waals surface area contributed by atoms with Gasteiger partial charge in [0.25, 0.3) is 0 Å². The summed E-state index contributed by atoms with van der Waals surface area (Å²) in [4.78, 5) is 3.26. The van der Waals surface area contributed by atoms with Crippen molar-refractivity contribution in [2.75, 3.05) is 7.11 Å². The standard InChI is InChI=1S/C16H16N2OS/c1-11-7-8-13-15(9-11)18(16(20)17-13)14-6-4-3-5-12(14)10-19-2/h3-9H,10H2,1-2H3,(H,17,20). The molecule has 0 aliphatic rings. The molecule has 1 aromatic heterocycles. The predicted molar refractivity (Wildman–Crippen MR) is 83.9 cm³/mol. The summed E-state index contributed by atoms with van der Waals surface area (Å²) >= 11 is 5.49. The molecule has 4 heteroatoms. The van der Waals surface area contributed by atoms with Gasteiger partial charge < -0.3 is 9.72 Å². The normalized spacial score (nSPS) is 11.1. The van der Waals surface area contributed by atoms with Crippen molar-refractivity contribution in [3.05, 3.63) is 58.4 Å². The number of para-hydroxylation sites is 1. The number of hydrogen-bond acceptors (Lipinski definition) is 2. The van der Waals surface area contributed by atoms with Crippen LogP contribution in [-0.4, -0.2) is 16.7 Å². The zero-order valence-electron chi connectivity index (χ0n) is 11.5. The largest absolute Gasteiger partial charge is 0.380 e. The number of fused-ring (bicyclic) bond motifs is 1. The van der Waals surface area contributed by atoms with Gasteiger partial charge in [-0.1, -0.05) is 24.3 Å². The molecule has 0 unspecified atom stereocenters. The third-order valence-corrected chi connectivity index (χ3v) is 3.66.